The number of carbonyl (C=O) groups excluding carboxylic acids is 2. The molecule has 0 radical (unpaired) electrons. The summed E-state index contributed by atoms with van der Waals surface area (Å²) in [6.45, 7) is 4.87. The van der Waals surface area contributed by atoms with Crippen molar-refractivity contribution in [3.63, 3.8) is 0 Å². The van der Waals surface area contributed by atoms with Gasteiger partial charge in [0.15, 0.2) is 0 Å². The van der Waals surface area contributed by atoms with Crippen molar-refractivity contribution in [2.24, 2.45) is 0 Å². The summed E-state index contributed by atoms with van der Waals surface area (Å²) in [7, 11) is 1.54. The molecule has 27 heavy (non-hydrogen) atoms. The van der Waals surface area contributed by atoms with E-state index in [0.29, 0.717) is 31.0 Å². The molecule has 3 heterocycles. The molecule has 0 aliphatic carbocycles. The summed E-state index contributed by atoms with van der Waals surface area (Å²) >= 11 is 6.24. The van der Waals surface area contributed by atoms with Gasteiger partial charge in [0.25, 0.3) is 5.91 Å². The first-order valence-electron chi connectivity index (χ1n) is 8.40. The molecular weight excluding hydrogens is 368 g/mol. The van der Waals surface area contributed by atoms with Crippen LogP contribution in [0.15, 0.2) is 43.1 Å². The van der Waals surface area contributed by atoms with Crippen molar-refractivity contribution in [3.8, 4) is 11.3 Å². The molecule has 0 unspecified atom stereocenters. The predicted octanol–water partition coefficient (Wildman–Crippen LogP) is 2.24. The Kier molecular flexibility index (Phi) is 5.83. The predicted molar refractivity (Wildman–Crippen MR) is 101 cm³/mol. The Morgan fingerprint density at radius 3 is 2.96 bits per heavy atom. The lowest BCUT2D eigenvalue weighted by atomic mass is 10.0. The summed E-state index contributed by atoms with van der Waals surface area (Å²) in [5.41, 5.74) is 2.37. The Morgan fingerprint density at radius 1 is 1.41 bits per heavy atom. The van der Waals surface area contributed by atoms with Gasteiger partial charge >= 0.3 is 0 Å². The fourth-order valence-corrected chi connectivity index (χ4v) is 3.18. The van der Waals surface area contributed by atoms with Crippen LogP contribution in [0, 0.1) is 0 Å². The minimum Gasteiger partial charge on any atom is -0.377 e. The minimum atomic E-state index is -0.289. The first-order chi connectivity index (χ1) is 13.0. The number of nitrogens with one attached hydrogen (secondary N) is 1. The van der Waals surface area contributed by atoms with Gasteiger partial charge in [-0.15, -0.1) is 0 Å². The molecule has 1 N–H and O–H groups in total. The van der Waals surface area contributed by atoms with Gasteiger partial charge in [-0.25, -0.2) is 4.98 Å². The molecule has 1 atom stereocenters. The molecule has 2 amide bonds. The number of halogens is 1. The molecule has 1 fully saturated rings. The molecule has 3 rings (SSSR count). The molecule has 0 spiro atoms. The number of hydrogen-bond donors (Lipinski definition) is 1. The van der Waals surface area contributed by atoms with E-state index >= 15 is 0 Å². The van der Waals surface area contributed by atoms with E-state index in [1.54, 1.807) is 36.3 Å². The highest BCUT2D eigenvalue weighted by Crippen LogP contribution is 2.30. The fourth-order valence-electron chi connectivity index (χ4n) is 2.96. The zero-order valence-electron chi connectivity index (χ0n) is 14.8. The smallest absolute Gasteiger partial charge is 0.269 e. The maximum absolute atomic E-state index is 12.2. The number of amides is 2. The summed E-state index contributed by atoms with van der Waals surface area (Å²) < 4.78 is 5.56. The molecule has 0 saturated carbocycles. The summed E-state index contributed by atoms with van der Waals surface area (Å²) in [6.07, 6.45) is 2.83. The molecule has 8 heteroatoms. The molecule has 2 aromatic rings. The van der Waals surface area contributed by atoms with E-state index in [1.165, 1.54) is 6.08 Å². The Balaban J connectivity index is 2.00. The van der Waals surface area contributed by atoms with E-state index in [-0.39, 0.29) is 28.7 Å². The number of morpholine rings is 1. The first-order valence-corrected chi connectivity index (χ1v) is 8.78. The first kappa shape index (κ1) is 19.0. The molecule has 140 valence electrons. The van der Waals surface area contributed by atoms with Gasteiger partial charge in [0, 0.05) is 25.4 Å². The Morgan fingerprint density at radius 2 is 2.22 bits per heavy atom. The van der Waals surface area contributed by atoms with Crippen molar-refractivity contribution in [2.75, 3.05) is 26.8 Å². The van der Waals surface area contributed by atoms with Crippen LogP contribution in [0.2, 0.25) is 5.15 Å². The van der Waals surface area contributed by atoms with Gasteiger partial charge in [-0.1, -0.05) is 18.2 Å². The Labute approximate surface area is 162 Å². The summed E-state index contributed by atoms with van der Waals surface area (Å²) in [4.78, 5) is 34.2. The van der Waals surface area contributed by atoms with Gasteiger partial charge in [0.1, 0.15) is 10.8 Å². The average Bonchev–Trinajstić information content (AvgIpc) is 2.72. The van der Waals surface area contributed by atoms with Crippen molar-refractivity contribution in [1.29, 1.82) is 0 Å². The van der Waals surface area contributed by atoms with E-state index in [9.17, 15) is 9.59 Å². The van der Waals surface area contributed by atoms with Crippen LogP contribution in [0.1, 0.15) is 22.1 Å². The molecule has 1 aliphatic heterocycles. The molecule has 1 aliphatic rings. The van der Waals surface area contributed by atoms with Crippen molar-refractivity contribution in [3.05, 3.63) is 59.5 Å². The highest BCUT2D eigenvalue weighted by Gasteiger charge is 2.28. The minimum absolute atomic E-state index is 0.163. The van der Waals surface area contributed by atoms with Crippen molar-refractivity contribution >= 4 is 23.4 Å². The lowest BCUT2D eigenvalue weighted by Gasteiger charge is -2.35. The van der Waals surface area contributed by atoms with E-state index in [2.05, 4.69) is 21.9 Å². The molecular formula is C19H19ClN4O3. The molecule has 7 nitrogen and oxygen atoms in total. The van der Waals surface area contributed by atoms with Gasteiger partial charge in [0.05, 0.1) is 24.9 Å². The average molecular weight is 387 g/mol. The van der Waals surface area contributed by atoms with Crippen LogP contribution in [0.4, 0.5) is 0 Å². The third kappa shape index (κ3) is 4.15. The van der Waals surface area contributed by atoms with E-state index in [4.69, 9.17) is 16.3 Å². The highest BCUT2D eigenvalue weighted by molar-refractivity contribution is 6.29. The topological polar surface area (TPSA) is 84.4 Å². The number of nitrogens with zero attached hydrogens (tertiary/aromatic N) is 3. The highest BCUT2D eigenvalue weighted by atomic mass is 35.5. The summed E-state index contributed by atoms with van der Waals surface area (Å²) in [6, 6.07) is 6.67. The zero-order chi connectivity index (χ0) is 19.4. The van der Waals surface area contributed by atoms with Crippen LogP contribution in [-0.2, 0) is 9.53 Å². The van der Waals surface area contributed by atoms with Gasteiger partial charge in [-0.05, 0) is 35.9 Å². The van der Waals surface area contributed by atoms with Crippen molar-refractivity contribution in [1.82, 2.24) is 20.2 Å². The van der Waals surface area contributed by atoms with E-state index < -0.39 is 0 Å². The largest absolute Gasteiger partial charge is 0.377 e. The van der Waals surface area contributed by atoms with E-state index in [0.717, 1.165) is 5.56 Å². The van der Waals surface area contributed by atoms with Crippen LogP contribution < -0.4 is 5.32 Å². The van der Waals surface area contributed by atoms with Crippen LogP contribution >= 0.6 is 11.6 Å². The molecule has 0 aromatic carbocycles. The lowest BCUT2D eigenvalue weighted by Crippen LogP contribution is -2.42. The number of carbonyl (C=O) groups is 2. The van der Waals surface area contributed by atoms with Gasteiger partial charge < -0.3 is 15.0 Å². The van der Waals surface area contributed by atoms with Crippen LogP contribution in [0.5, 0.6) is 0 Å². The second kappa shape index (κ2) is 8.28. The Hall–Kier alpha value is -2.77. The number of aromatic nitrogens is 2. The quantitative estimate of drug-likeness (QED) is 0.643. The third-order valence-electron chi connectivity index (χ3n) is 4.30. The zero-order valence-corrected chi connectivity index (χ0v) is 15.6. The van der Waals surface area contributed by atoms with Crippen LogP contribution in [-0.4, -0.2) is 53.5 Å². The number of hydrogen-bond acceptors (Lipinski definition) is 5. The molecule has 0 bridgehead atoms. The van der Waals surface area contributed by atoms with Crippen LogP contribution in [0.25, 0.3) is 11.3 Å². The molecule has 2 aromatic heterocycles. The van der Waals surface area contributed by atoms with Gasteiger partial charge in [0.2, 0.25) is 5.91 Å². The van der Waals surface area contributed by atoms with Gasteiger partial charge in [-0.3, -0.25) is 14.6 Å². The molecule has 1 saturated heterocycles. The fraction of sp³-hybridized carbons (Fsp3) is 0.263. The third-order valence-corrected chi connectivity index (χ3v) is 4.50. The summed E-state index contributed by atoms with van der Waals surface area (Å²) in [5, 5.41) is 2.83. The SMILES string of the molecule is C=CC(=O)N1CCOC[C@@H]1c1cc(Cl)nc(-c2ccnc(C(=O)NC)c2)c1. The maximum atomic E-state index is 12.2. The van der Waals surface area contributed by atoms with Crippen LogP contribution in [0.3, 0.4) is 0 Å². The Bertz CT molecular complexity index is 887. The normalized spacial score (nSPS) is 16.7. The second-order valence-corrected chi connectivity index (χ2v) is 6.33. The van der Waals surface area contributed by atoms with E-state index in [1.807, 2.05) is 6.07 Å². The van der Waals surface area contributed by atoms with Crippen molar-refractivity contribution < 1.29 is 14.3 Å². The number of pyridine rings is 2. The second-order valence-electron chi connectivity index (χ2n) is 5.94. The number of rotatable bonds is 4. The standard InChI is InChI=1S/C19H19ClN4O3/c1-3-18(25)24-6-7-27-11-16(24)13-9-14(23-17(20)10-13)12-4-5-22-15(8-12)19(26)21-2/h3-5,8-10,16H,1,6-7,11H2,2H3,(H,21,26)/t16-/m1/s1. The van der Waals surface area contributed by atoms with Gasteiger partial charge in [-0.2, -0.15) is 0 Å². The summed E-state index contributed by atoms with van der Waals surface area (Å²) in [5.74, 6) is -0.453. The maximum Gasteiger partial charge on any atom is 0.269 e. The lowest BCUT2D eigenvalue weighted by molar-refractivity contribution is -0.134. The monoisotopic (exact) mass is 386 g/mol. The number of ether oxygens (including phenoxy) is 1. The van der Waals surface area contributed by atoms with Crippen molar-refractivity contribution in [2.45, 2.75) is 6.04 Å².